The average molecular weight is 423 g/mol. The van der Waals surface area contributed by atoms with E-state index in [2.05, 4.69) is 25.5 Å². The Kier molecular flexibility index (Phi) is 4.52. The molecule has 164 valence electrons. The Bertz CT molecular complexity index is 955. The highest BCUT2D eigenvalue weighted by Crippen LogP contribution is 2.43. The summed E-state index contributed by atoms with van der Waals surface area (Å²) in [5.74, 6) is 2.46. The van der Waals surface area contributed by atoms with E-state index in [1.165, 1.54) is 0 Å². The van der Waals surface area contributed by atoms with E-state index in [9.17, 15) is 4.79 Å². The third kappa shape index (κ3) is 3.32. The van der Waals surface area contributed by atoms with E-state index in [1.54, 1.807) is 0 Å². The van der Waals surface area contributed by atoms with Crippen molar-refractivity contribution < 1.29 is 9.53 Å². The Labute approximate surface area is 182 Å². The molecule has 2 aromatic rings. The third-order valence-corrected chi connectivity index (χ3v) is 7.87. The van der Waals surface area contributed by atoms with E-state index >= 15 is 0 Å². The van der Waals surface area contributed by atoms with E-state index in [-0.39, 0.29) is 12.0 Å². The number of nitrogens with one attached hydrogen (secondary N) is 1. The number of carbonyl (C=O) groups excluding carboxylic acids is 1. The molecule has 3 unspecified atom stereocenters. The largest absolute Gasteiger partial charge is 0.374 e. The van der Waals surface area contributed by atoms with Gasteiger partial charge in [0.25, 0.3) is 0 Å². The summed E-state index contributed by atoms with van der Waals surface area (Å²) in [7, 11) is 1.92. The van der Waals surface area contributed by atoms with E-state index in [4.69, 9.17) is 4.74 Å². The number of rotatable bonds is 4. The van der Waals surface area contributed by atoms with Gasteiger partial charge in [0.05, 0.1) is 30.0 Å². The second-order valence-corrected chi connectivity index (χ2v) is 9.90. The first kappa shape index (κ1) is 19.2. The predicted molar refractivity (Wildman–Crippen MR) is 115 cm³/mol. The van der Waals surface area contributed by atoms with Gasteiger partial charge in [-0.1, -0.05) is 0 Å². The summed E-state index contributed by atoms with van der Waals surface area (Å²) in [4.78, 5) is 15.2. The van der Waals surface area contributed by atoms with Gasteiger partial charge in [0.2, 0.25) is 5.91 Å². The second-order valence-electron chi connectivity index (χ2n) is 9.90. The molecule has 0 spiro atoms. The van der Waals surface area contributed by atoms with Crippen molar-refractivity contribution in [2.75, 3.05) is 18.4 Å². The van der Waals surface area contributed by atoms with Crippen LogP contribution >= 0.6 is 0 Å². The van der Waals surface area contributed by atoms with Crippen molar-refractivity contribution >= 4 is 11.7 Å². The summed E-state index contributed by atoms with van der Waals surface area (Å²) in [6.07, 6.45) is 7.68. The lowest BCUT2D eigenvalue weighted by Gasteiger charge is -2.26. The van der Waals surface area contributed by atoms with Gasteiger partial charge in [-0.05, 0) is 68.6 Å². The van der Waals surface area contributed by atoms with Crippen molar-refractivity contribution in [1.82, 2.24) is 24.9 Å². The molecular formula is C23H30N6O2. The number of ether oxygens (including phenoxy) is 1. The maximum absolute atomic E-state index is 13.0. The highest BCUT2D eigenvalue weighted by atomic mass is 16.5. The van der Waals surface area contributed by atoms with Crippen LogP contribution in [0.15, 0.2) is 18.3 Å². The smallest absolute Gasteiger partial charge is 0.228 e. The van der Waals surface area contributed by atoms with Crippen LogP contribution in [-0.2, 0) is 16.6 Å². The lowest BCUT2D eigenvalue weighted by molar-refractivity contribution is -0.136. The first-order valence-corrected chi connectivity index (χ1v) is 11.6. The maximum Gasteiger partial charge on any atom is 0.228 e. The highest BCUT2D eigenvalue weighted by Gasteiger charge is 2.49. The van der Waals surface area contributed by atoms with Gasteiger partial charge in [0.1, 0.15) is 11.5 Å². The summed E-state index contributed by atoms with van der Waals surface area (Å²) in [5.41, 5.74) is 2.93. The molecule has 1 saturated carbocycles. The zero-order chi connectivity index (χ0) is 21.1. The van der Waals surface area contributed by atoms with Gasteiger partial charge in [-0.3, -0.25) is 9.48 Å². The first-order valence-electron chi connectivity index (χ1n) is 11.6. The molecule has 1 N–H and O–H groups in total. The molecule has 8 heteroatoms. The Hall–Kier alpha value is -2.48. The van der Waals surface area contributed by atoms with Gasteiger partial charge in [-0.25, -0.2) is 0 Å². The summed E-state index contributed by atoms with van der Waals surface area (Å²) < 4.78 is 7.75. The van der Waals surface area contributed by atoms with Crippen molar-refractivity contribution in [2.45, 2.75) is 57.3 Å². The fraction of sp³-hybridized carbons (Fsp3) is 0.652. The van der Waals surface area contributed by atoms with Crippen LogP contribution in [0.5, 0.6) is 0 Å². The van der Waals surface area contributed by atoms with Crippen molar-refractivity contribution in [1.29, 1.82) is 0 Å². The van der Waals surface area contributed by atoms with Gasteiger partial charge in [0.15, 0.2) is 0 Å². The van der Waals surface area contributed by atoms with Crippen LogP contribution in [0.4, 0.5) is 5.82 Å². The molecule has 1 amide bonds. The minimum atomic E-state index is 0.114. The third-order valence-electron chi connectivity index (χ3n) is 7.87. The average Bonchev–Trinajstić information content (AvgIpc) is 3.56. The first-order chi connectivity index (χ1) is 15.0. The van der Waals surface area contributed by atoms with Gasteiger partial charge in [-0.15, -0.1) is 10.2 Å². The number of carbonyl (C=O) groups is 1. The van der Waals surface area contributed by atoms with Crippen LogP contribution in [0.1, 0.15) is 37.7 Å². The monoisotopic (exact) mass is 422 g/mol. The van der Waals surface area contributed by atoms with Crippen LogP contribution in [0.3, 0.4) is 0 Å². The van der Waals surface area contributed by atoms with Gasteiger partial charge < -0.3 is 15.0 Å². The number of hydrogen-bond acceptors (Lipinski definition) is 6. The van der Waals surface area contributed by atoms with Crippen molar-refractivity contribution in [2.24, 2.45) is 24.8 Å². The van der Waals surface area contributed by atoms with Crippen molar-refractivity contribution in [3.8, 4) is 11.4 Å². The molecule has 8 nitrogen and oxygen atoms in total. The molecule has 3 saturated heterocycles. The lowest BCUT2D eigenvalue weighted by Crippen LogP contribution is -2.39. The molecule has 1 aliphatic carbocycles. The predicted octanol–water partition coefficient (Wildman–Crippen LogP) is 2.40. The lowest BCUT2D eigenvalue weighted by atomic mass is 9.88. The van der Waals surface area contributed by atoms with Crippen molar-refractivity contribution in [3.05, 3.63) is 23.9 Å². The number of likely N-dealkylation sites (tertiary alicyclic amines) is 1. The number of aromatic nitrogens is 4. The topological polar surface area (TPSA) is 85.2 Å². The minimum absolute atomic E-state index is 0.114. The van der Waals surface area contributed by atoms with Crippen LogP contribution in [0, 0.1) is 24.7 Å². The quantitative estimate of drug-likeness (QED) is 0.815. The van der Waals surface area contributed by atoms with E-state index in [0.29, 0.717) is 29.9 Å². The fourth-order valence-corrected chi connectivity index (χ4v) is 6.39. The van der Waals surface area contributed by atoms with Crippen molar-refractivity contribution in [3.63, 3.8) is 0 Å². The molecule has 4 fully saturated rings. The standard InChI is InChI=1S/C23H30N6O2/c1-13-10-24-28(2)22(13)19-4-6-21(27-26-19)25-16-7-14-11-29(12-15(14)8-16)23(30)18-9-17-3-5-20(18)31-17/h4,6,10,14-18,20H,3,5,7-9,11-12H2,1-2H3,(H,25,27)/t14-,15+,16-,17?,18?,20?. The zero-order valence-corrected chi connectivity index (χ0v) is 18.2. The molecular weight excluding hydrogens is 392 g/mol. The molecule has 0 radical (unpaired) electrons. The fourth-order valence-electron chi connectivity index (χ4n) is 6.39. The van der Waals surface area contributed by atoms with Crippen LogP contribution in [0.25, 0.3) is 11.4 Å². The van der Waals surface area contributed by atoms with Crippen LogP contribution < -0.4 is 5.32 Å². The van der Waals surface area contributed by atoms with E-state index < -0.39 is 0 Å². The summed E-state index contributed by atoms with van der Waals surface area (Å²) in [5, 5.41) is 16.7. The molecule has 31 heavy (non-hydrogen) atoms. The maximum atomic E-state index is 13.0. The number of hydrogen-bond donors (Lipinski definition) is 1. The molecule has 3 aliphatic heterocycles. The number of anilines is 1. The molecule has 2 aromatic heterocycles. The minimum Gasteiger partial charge on any atom is -0.374 e. The summed E-state index contributed by atoms with van der Waals surface area (Å²) in [6.45, 7) is 3.84. The number of amides is 1. The Morgan fingerprint density at radius 2 is 1.94 bits per heavy atom. The molecule has 0 aromatic carbocycles. The van der Waals surface area contributed by atoms with Gasteiger partial charge >= 0.3 is 0 Å². The van der Waals surface area contributed by atoms with E-state index in [1.807, 2.05) is 37.0 Å². The molecule has 4 aliphatic rings. The van der Waals surface area contributed by atoms with E-state index in [0.717, 1.165) is 68.0 Å². The second kappa shape index (κ2) is 7.29. The molecule has 2 bridgehead atoms. The normalized spacial score (nSPS) is 33.8. The number of aryl methyl sites for hydroxylation is 2. The number of nitrogens with zero attached hydrogens (tertiary/aromatic N) is 5. The Morgan fingerprint density at radius 1 is 1.13 bits per heavy atom. The number of fused-ring (bicyclic) bond motifs is 3. The molecule has 5 heterocycles. The Balaban J connectivity index is 1.05. The van der Waals surface area contributed by atoms with Gasteiger partial charge in [-0.2, -0.15) is 5.10 Å². The summed E-state index contributed by atoms with van der Waals surface area (Å²) in [6, 6.07) is 4.41. The highest BCUT2D eigenvalue weighted by molar-refractivity contribution is 5.80. The van der Waals surface area contributed by atoms with Gasteiger partial charge in [0, 0.05) is 26.2 Å². The summed E-state index contributed by atoms with van der Waals surface area (Å²) >= 11 is 0. The van der Waals surface area contributed by atoms with Crippen LogP contribution in [0.2, 0.25) is 0 Å². The SMILES string of the molecule is Cc1cnn(C)c1-c1ccc(N[C@@H]2C[C@@H]3CN(C(=O)C4CC5CCC4O5)C[C@@H]3C2)nn1. The Morgan fingerprint density at radius 3 is 2.52 bits per heavy atom. The zero-order valence-electron chi connectivity index (χ0n) is 18.2. The molecule has 6 atom stereocenters. The van der Waals surface area contributed by atoms with Crippen LogP contribution in [-0.4, -0.2) is 62.1 Å². The molecule has 6 rings (SSSR count).